The molecule has 72 valence electrons. The van der Waals surface area contributed by atoms with E-state index in [1.54, 1.807) is 5.51 Å². The number of amides is 1. The molecule has 0 aromatic carbocycles. The van der Waals surface area contributed by atoms with Gasteiger partial charge in [0, 0.05) is 6.42 Å². The summed E-state index contributed by atoms with van der Waals surface area (Å²) < 4.78 is 0. The van der Waals surface area contributed by atoms with Crippen LogP contribution in [0, 0.1) is 5.41 Å². The minimum atomic E-state index is -0.00995. The number of hydrogen-bond acceptors (Lipinski definition) is 4. The van der Waals surface area contributed by atoms with Crippen LogP contribution in [0.3, 0.4) is 0 Å². The van der Waals surface area contributed by atoms with Gasteiger partial charge >= 0.3 is 0 Å². The first kappa shape index (κ1) is 10.1. The van der Waals surface area contributed by atoms with E-state index < -0.39 is 0 Å². The Morgan fingerprint density at radius 1 is 1.62 bits per heavy atom. The highest BCUT2D eigenvalue weighted by atomic mass is 32.1. The summed E-state index contributed by atoms with van der Waals surface area (Å²) >= 11 is 1.32. The molecule has 0 unspecified atom stereocenters. The lowest BCUT2D eigenvalue weighted by Crippen LogP contribution is -2.19. The van der Waals surface area contributed by atoms with Gasteiger partial charge in [-0.05, 0) is 5.41 Å². The van der Waals surface area contributed by atoms with Crippen LogP contribution in [0.4, 0.5) is 5.13 Å². The van der Waals surface area contributed by atoms with Gasteiger partial charge in [-0.2, -0.15) is 0 Å². The van der Waals surface area contributed by atoms with E-state index in [0.29, 0.717) is 11.6 Å². The summed E-state index contributed by atoms with van der Waals surface area (Å²) in [5, 5.41) is 10.6. The highest BCUT2D eigenvalue weighted by Gasteiger charge is 2.16. The molecule has 1 rings (SSSR count). The Morgan fingerprint density at radius 3 is 2.77 bits per heavy atom. The first-order valence-corrected chi connectivity index (χ1v) is 4.91. The zero-order valence-electron chi connectivity index (χ0n) is 8.00. The SMILES string of the molecule is CC(C)(C)CC(=O)Nc1nncs1. The Morgan fingerprint density at radius 2 is 2.31 bits per heavy atom. The van der Waals surface area contributed by atoms with E-state index in [9.17, 15) is 4.79 Å². The minimum Gasteiger partial charge on any atom is -0.301 e. The predicted octanol–water partition coefficient (Wildman–Crippen LogP) is 1.91. The molecular weight excluding hydrogens is 186 g/mol. The minimum absolute atomic E-state index is 0.00870. The maximum Gasteiger partial charge on any atom is 0.226 e. The second-order valence-corrected chi connectivity index (χ2v) is 4.86. The first-order valence-electron chi connectivity index (χ1n) is 4.03. The molecule has 0 aliphatic heterocycles. The van der Waals surface area contributed by atoms with Gasteiger partial charge in [-0.25, -0.2) is 0 Å². The van der Waals surface area contributed by atoms with Crippen molar-refractivity contribution in [2.45, 2.75) is 27.2 Å². The van der Waals surface area contributed by atoms with Crippen LogP contribution in [0.5, 0.6) is 0 Å². The quantitative estimate of drug-likeness (QED) is 0.791. The summed E-state index contributed by atoms with van der Waals surface area (Å²) in [6.45, 7) is 6.06. The van der Waals surface area contributed by atoms with Gasteiger partial charge in [0.15, 0.2) is 0 Å². The molecule has 1 heterocycles. The van der Waals surface area contributed by atoms with Crippen LogP contribution in [0.15, 0.2) is 5.51 Å². The van der Waals surface area contributed by atoms with Crippen molar-refractivity contribution >= 4 is 22.4 Å². The van der Waals surface area contributed by atoms with Crippen LogP contribution in [0.1, 0.15) is 27.2 Å². The van der Waals surface area contributed by atoms with Gasteiger partial charge in [-0.1, -0.05) is 32.1 Å². The number of anilines is 1. The van der Waals surface area contributed by atoms with Crippen molar-refractivity contribution in [2.24, 2.45) is 5.41 Å². The lowest BCUT2D eigenvalue weighted by Gasteiger charge is -2.16. The maximum atomic E-state index is 11.4. The van der Waals surface area contributed by atoms with Gasteiger partial charge in [0.05, 0.1) is 0 Å². The molecule has 1 aromatic heterocycles. The van der Waals surface area contributed by atoms with E-state index >= 15 is 0 Å². The molecule has 0 saturated carbocycles. The Balaban J connectivity index is 2.43. The zero-order chi connectivity index (χ0) is 9.90. The molecule has 1 amide bonds. The van der Waals surface area contributed by atoms with E-state index in [0.717, 1.165) is 0 Å². The smallest absolute Gasteiger partial charge is 0.226 e. The largest absolute Gasteiger partial charge is 0.301 e. The third kappa shape index (κ3) is 3.98. The second kappa shape index (κ2) is 3.83. The molecule has 0 aliphatic rings. The monoisotopic (exact) mass is 199 g/mol. The number of hydrogen-bond donors (Lipinski definition) is 1. The Kier molecular flexibility index (Phi) is 2.98. The van der Waals surface area contributed by atoms with Gasteiger partial charge in [0.1, 0.15) is 5.51 Å². The lowest BCUT2D eigenvalue weighted by molar-refractivity contribution is -0.117. The topological polar surface area (TPSA) is 54.9 Å². The molecule has 1 N–H and O–H groups in total. The fourth-order valence-electron chi connectivity index (χ4n) is 0.873. The van der Waals surface area contributed by atoms with E-state index in [1.165, 1.54) is 11.3 Å². The van der Waals surface area contributed by atoms with Crippen molar-refractivity contribution in [2.75, 3.05) is 5.32 Å². The Hall–Kier alpha value is -0.970. The van der Waals surface area contributed by atoms with Gasteiger partial charge in [-0.3, -0.25) is 4.79 Å². The zero-order valence-corrected chi connectivity index (χ0v) is 8.81. The predicted molar refractivity (Wildman–Crippen MR) is 52.6 cm³/mol. The number of carbonyl (C=O) groups excluding carboxylic acids is 1. The summed E-state index contributed by atoms with van der Waals surface area (Å²) in [4.78, 5) is 11.4. The van der Waals surface area contributed by atoms with Gasteiger partial charge in [0.25, 0.3) is 0 Å². The number of aromatic nitrogens is 2. The summed E-state index contributed by atoms with van der Waals surface area (Å²) in [5.41, 5.74) is 1.60. The molecule has 0 fully saturated rings. The number of rotatable bonds is 2. The van der Waals surface area contributed by atoms with E-state index in [-0.39, 0.29) is 11.3 Å². The third-order valence-electron chi connectivity index (χ3n) is 1.30. The second-order valence-electron chi connectivity index (χ2n) is 4.03. The van der Waals surface area contributed by atoms with Gasteiger partial charge in [0.2, 0.25) is 11.0 Å². The van der Waals surface area contributed by atoms with Crippen molar-refractivity contribution in [3.63, 3.8) is 0 Å². The van der Waals surface area contributed by atoms with Gasteiger partial charge < -0.3 is 5.32 Å². The van der Waals surface area contributed by atoms with Crippen LogP contribution in [0.25, 0.3) is 0 Å². The van der Waals surface area contributed by atoms with Crippen LogP contribution in [0.2, 0.25) is 0 Å². The summed E-state index contributed by atoms with van der Waals surface area (Å²) in [6, 6.07) is 0. The molecule has 1 aromatic rings. The molecule has 0 bridgehead atoms. The number of nitrogens with zero attached hydrogens (tertiary/aromatic N) is 2. The molecule has 0 atom stereocenters. The fraction of sp³-hybridized carbons (Fsp3) is 0.625. The van der Waals surface area contributed by atoms with E-state index in [2.05, 4.69) is 15.5 Å². The molecule has 0 radical (unpaired) electrons. The van der Waals surface area contributed by atoms with Crippen molar-refractivity contribution in [3.8, 4) is 0 Å². The molecule has 4 nitrogen and oxygen atoms in total. The Bertz CT molecular complexity index is 276. The molecule has 0 saturated heterocycles. The van der Waals surface area contributed by atoms with E-state index in [4.69, 9.17) is 0 Å². The molecule has 0 aliphatic carbocycles. The summed E-state index contributed by atoms with van der Waals surface area (Å²) in [6.07, 6.45) is 0.493. The highest BCUT2D eigenvalue weighted by molar-refractivity contribution is 7.13. The van der Waals surface area contributed by atoms with Crippen molar-refractivity contribution in [3.05, 3.63) is 5.51 Å². The molecule has 0 spiro atoms. The third-order valence-corrected chi connectivity index (χ3v) is 1.90. The van der Waals surface area contributed by atoms with Crippen molar-refractivity contribution in [1.29, 1.82) is 0 Å². The number of carbonyl (C=O) groups is 1. The van der Waals surface area contributed by atoms with Crippen molar-refractivity contribution < 1.29 is 4.79 Å². The maximum absolute atomic E-state index is 11.4. The Labute approximate surface area is 81.4 Å². The van der Waals surface area contributed by atoms with Crippen LogP contribution in [-0.2, 0) is 4.79 Å². The summed E-state index contributed by atoms with van der Waals surface area (Å²) in [5.74, 6) is -0.00995. The lowest BCUT2D eigenvalue weighted by atomic mass is 9.92. The highest BCUT2D eigenvalue weighted by Crippen LogP contribution is 2.19. The number of nitrogens with one attached hydrogen (secondary N) is 1. The van der Waals surface area contributed by atoms with Crippen LogP contribution in [-0.4, -0.2) is 16.1 Å². The summed E-state index contributed by atoms with van der Waals surface area (Å²) in [7, 11) is 0. The first-order chi connectivity index (χ1) is 5.97. The average molecular weight is 199 g/mol. The fourth-order valence-corrected chi connectivity index (χ4v) is 1.33. The normalized spacial score (nSPS) is 11.3. The van der Waals surface area contributed by atoms with Crippen LogP contribution < -0.4 is 5.32 Å². The molecular formula is C8H13N3OS. The van der Waals surface area contributed by atoms with Crippen molar-refractivity contribution in [1.82, 2.24) is 10.2 Å². The molecule has 13 heavy (non-hydrogen) atoms. The standard InChI is InChI=1S/C8H13N3OS/c1-8(2,3)4-6(12)10-7-11-9-5-13-7/h5H,4H2,1-3H3,(H,10,11,12). The molecule has 5 heteroatoms. The van der Waals surface area contributed by atoms with Crippen LogP contribution >= 0.6 is 11.3 Å². The van der Waals surface area contributed by atoms with E-state index in [1.807, 2.05) is 20.8 Å². The van der Waals surface area contributed by atoms with Gasteiger partial charge in [-0.15, -0.1) is 10.2 Å². The average Bonchev–Trinajstić information content (AvgIpc) is 2.34.